The SMILES string of the molecule is O=C(CCCC(=S)CC1CCCC1)N1CCCC2CCCCC21. The van der Waals surface area contributed by atoms with Crippen molar-refractivity contribution in [1.29, 1.82) is 0 Å². The molecule has 0 aromatic heterocycles. The average molecular weight is 336 g/mol. The van der Waals surface area contributed by atoms with Crippen molar-refractivity contribution in [3.05, 3.63) is 0 Å². The Bertz CT molecular complexity index is 414. The Kier molecular flexibility index (Phi) is 6.50. The molecule has 3 aliphatic rings. The number of amides is 1. The van der Waals surface area contributed by atoms with E-state index >= 15 is 0 Å². The van der Waals surface area contributed by atoms with Gasteiger partial charge in [-0.3, -0.25) is 4.79 Å². The molecule has 2 saturated carbocycles. The Morgan fingerprint density at radius 3 is 2.43 bits per heavy atom. The first-order chi connectivity index (χ1) is 11.2. The molecule has 1 heterocycles. The summed E-state index contributed by atoms with van der Waals surface area (Å²) in [5.74, 6) is 2.05. The number of nitrogens with zero attached hydrogens (tertiary/aromatic N) is 1. The summed E-state index contributed by atoms with van der Waals surface area (Å²) in [4.78, 5) is 16.1. The molecule has 1 amide bonds. The summed E-state index contributed by atoms with van der Waals surface area (Å²) >= 11 is 5.57. The maximum Gasteiger partial charge on any atom is 0.222 e. The fourth-order valence-corrected chi connectivity index (χ4v) is 5.53. The predicted octanol–water partition coefficient (Wildman–Crippen LogP) is 5.29. The molecule has 3 heteroatoms. The first kappa shape index (κ1) is 17.4. The van der Waals surface area contributed by atoms with Gasteiger partial charge in [-0.2, -0.15) is 0 Å². The van der Waals surface area contributed by atoms with Gasteiger partial charge in [0.2, 0.25) is 5.91 Å². The van der Waals surface area contributed by atoms with E-state index in [1.807, 2.05) is 0 Å². The van der Waals surface area contributed by atoms with Gasteiger partial charge < -0.3 is 4.90 Å². The highest BCUT2D eigenvalue weighted by atomic mass is 32.1. The quantitative estimate of drug-likeness (QED) is 0.615. The lowest BCUT2D eigenvalue weighted by Crippen LogP contribution is -2.49. The molecular formula is C20H33NOS. The molecule has 0 radical (unpaired) electrons. The van der Waals surface area contributed by atoms with Gasteiger partial charge in [0.15, 0.2) is 0 Å². The van der Waals surface area contributed by atoms with E-state index in [1.54, 1.807) is 0 Å². The van der Waals surface area contributed by atoms with E-state index in [-0.39, 0.29) is 0 Å². The van der Waals surface area contributed by atoms with E-state index in [1.165, 1.54) is 69.1 Å². The first-order valence-corrected chi connectivity index (χ1v) is 10.5. The molecule has 23 heavy (non-hydrogen) atoms. The van der Waals surface area contributed by atoms with Crippen LogP contribution >= 0.6 is 12.2 Å². The van der Waals surface area contributed by atoms with E-state index in [4.69, 9.17) is 12.2 Å². The van der Waals surface area contributed by atoms with Crippen LogP contribution in [-0.2, 0) is 4.79 Å². The van der Waals surface area contributed by atoms with E-state index in [0.29, 0.717) is 18.4 Å². The molecule has 2 unspecified atom stereocenters. The predicted molar refractivity (Wildman–Crippen MR) is 99.7 cm³/mol. The van der Waals surface area contributed by atoms with E-state index < -0.39 is 0 Å². The van der Waals surface area contributed by atoms with Crippen LogP contribution in [0.3, 0.4) is 0 Å². The molecule has 0 aromatic carbocycles. The van der Waals surface area contributed by atoms with Crippen LogP contribution in [0.1, 0.15) is 89.9 Å². The Morgan fingerprint density at radius 2 is 1.61 bits per heavy atom. The van der Waals surface area contributed by atoms with Gasteiger partial charge in [-0.15, -0.1) is 0 Å². The fraction of sp³-hybridized carbons (Fsp3) is 0.900. The zero-order chi connectivity index (χ0) is 16.1. The van der Waals surface area contributed by atoms with Gasteiger partial charge in [0.25, 0.3) is 0 Å². The minimum Gasteiger partial charge on any atom is -0.339 e. The van der Waals surface area contributed by atoms with Crippen LogP contribution in [0.25, 0.3) is 0 Å². The summed E-state index contributed by atoms with van der Waals surface area (Å²) in [7, 11) is 0. The second-order valence-electron chi connectivity index (χ2n) is 8.09. The third-order valence-corrected chi connectivity index (χ3v) is 6.77. The number of carbonyl (C=O) groups excluding carboxylic acids is 1. The van der Waals surface area contributed by atoms with Crippen molar-refractivity contribution in [2.45, 2.75) is 95.9 Å². The van der Waals surface area contributed by atoms with Gasteiger partial charge in [-0.05, 0) is 61.6 Å². The van der Waals surface area contributed by atoms with Crippen LogP contribution in [0.2, 0.25) is 0 Å². The van der Waals surface area contributed by atoms with E-state index in [2.05, 4.69) is 4.90 Å². The number of thiocarbonyl (C=S) groups is 1. The molecule has 0 N–H and O–H groups in total. The Morgan fingerprint density at radius 1 is 0.913 bits per heavy atom. The molecule has 0 aromatic rings. The highest BCUT2D eigenvalue weighted by Gasteiger charge is 2.35. The van der Waals surface area contributed by atoms with Gasteiger partial charge in [0.05, 0.1) is 0 Å². The minimum absolute atomic E-state index is 0.408. The van der Waals surface area contributed by atoms with Gasteiger partial charge in [0, 0.05) is 19.0 Å². The second-order valence-corrected chi connectivity index (χ2v) is 8.67. The molecule has 2 aliphatic carbocycles. The second kappa shape index (κ2) is 8.60. The van der Waals surface area contributed by atoms with Crippen molar-refractivity contribution >= 4 is 23.0 Å². The smallest absolute Gasteiger partial charge is 0.222 e. The van der Waals surface area contributed by atoms with Crippen molar-refractivity contribution < 1.29 is 4.79 Å². The van der Waals surface area contributed by atoms with Crippen molar-refractivity contribution in [2.75, 3.05) is 6.54 Å². The minimum atomic E-state index is 0.408. The standard InChI is InChI=1S/C20H33NOS/c22-20(13-5-11-18(23)15-16-7-1-2-8-16)21-14-6-10-17-9-3-4-12-19(17)21/h16-17,19H,1-15H2. The molecule has 0 bridgehead atoms. The monoisotopic (exact) mass is 335 g/mol. The summed E-state index contributed by atoms with van der Waals surface area (Å²) < 4.78 is 0. The van der Waals surface area contributed by atoms with Gasteiger partial charge in [-0.25, -0.2) is 0 Å². The highest BCUT2D eigenvalue weighted by molar-refractivity contribution is 7.80. The number of piperidine rings is 1. The fourth-order valence-electron chi connectivity index (χ4n) is 5.15. The van der Waals surface area contributed by atoms with Crippen molar-refractivity contribution in [2.24, 2.45) is 11.8 Å². The lowest BCUT2D eigenvalue weighted by molar-refractivity contribution is -0.137. The topological polar surface area (TPSA) is 20.3 Å². The van der Waals surface area contributed by atoms with Gasteiger partial charge >= 0.3 is 0 Å². The third-order valence-electron chi connectivity index (χ3n) is 6.40. The summed E-state index contributed by atoms with van der Waals surface area (Å²) in [6.45, 7) is 1.01. The molecule has 3 fully saturated rings. The highest BCUT2D eigenvalue weighted by Crippen LogP contribution is 2.35. The summed E-state index contributed by atoms with van der Waals surface area (Å²) in [6, 6.07) is 0.565. The molecule has 3 rings (SSSR count). The van der Waals surface area contributed by atoms with Gasteiger partial charge in [-0.1, -0.05) is 50.7 Å². The Balaban J connectivity index is 1.39. The number of carbonyl (C=O) groups is 1. The zero-order valence-electron chi connectivity index (χ0n) is 14.6. The number of rotatable bonds is 6. The summed E-state index contributed by atoms with van der Waals surface area (Å²) in [6.07, 6.45) is 17.2. The van der Waals surface area contributed by atoms with E-state index in [0.717, 1.165) is 37.6 Å². The Labute approximate surface area is 147 Å². The van der Waals surface area contributed by atoms with Crippen LogP contribution in [0.15, 0.2) is 0 Å². The lowest BCUT2D eigenvalue weighted by Gasteiger charge is -2.44. The van der Waals surface area contributed by atoms with Crippen LogP contribution < -0.4 is 0 Å². The maximum absolute atomic E-state index is 12.7. The first-order valence-electron chi connectivity index (χ1n) is 10.0. The zero-order valence-corrected chi connectivity index (χ0v) is 15.4. The van der Waals surface area contributed by atoms with Gasteiger partial charge in [0.1, 0.15) is 0 Å². The molecule has 2 atom stereocenters. The normalized spacial score (nSPS) is 28.6. The number of hydrogen-bond acceptors (Lipinski definition) is 2. The molecule has 1 aliphatic heterocycles. The van der Waals surface area contributed by atoms with Crippen LogP contribution in [0.4, 0.5) is 0 Å². The molecule has 2 nitrogen and oxygen atoms in total. The molecular weight excluding hydrogens is 302 g/mol. The Hall–Kier alpha value is -0.440. The number of likely N-dealkylation sites (tertiary alicyclic amines) is 1. The summed E-state index contributed by atoms with van der Waals surface area (Å²) in [5, 5.41) is 0. The van der Waals surface area contributed by atoms with Crippen LogP contribution in [0, 0.1) is 11.8 Å². The average Bonchev–Trinajstić information content (AvgIpc) is 3.07. The van der Waals surface area contributed by atoms with Crippen molar-refractivity contribution in [3.8, 4) is 0 Å². The molecule has 0 spiro atoms. The maximum atomic E-state index is 12.7. The van der Waals surface area contributed by atoms with E-state index in [9.17, 15) is 4.79 Å². The molecule has 130 valence electrons. The molecule has 1 saturated heterocycles. The lowest BCUT2D eigenvalue weighted by atomic mass is 9.78. The summed E-state index contributed by atoms with van der Waals surface area (Å²) in [5.41, 5.74) is 0. The van der Waals surface area contributed by atoms with Crippen LogP contribution in [0.5, 0.6) is 0 Å². The number of hydrogen-bond donors (Lipinski definition) is 0. The van der Waals surface area contributed by atoms with Crippen LogP contribution in [-0.4, -0.2) is 28.3 Å². The van der Waals surface area contributed by atoms with Crippen molar-refractivity contribution in [1.82, 2.24) is 4.90 Å². The van der Waals surface area contributed by atoms with Crippen molar-refractivity contribution in [3.63, 3.8) is 0 Å². The number of fused-ring (bicyclic) bond motifs is 1. The largest absolute Gasteiger partial charge is 0.339 e. The third kappa shape index (κ3) is 4.78.